The first kappa shape index (κ1) is 19.4. The van der Waals surface area contributed by atoms with E-state index in [4.69, 9.17) is 4.74 Å². The monoisotopic (exact) mass is 288 g/mol. The lowest BCUT2D eigenvalue weighted by Crippen LogP contribution is -2.49. The van der Waals surface area contributed by atoms with Gasteiger partial charge in [-0.25, -0.2) is 0 Å². The van der Waals surface area contributed by atoms with Crippen molar-refractivity contribution in [2.75, 3.05) is 40.4 Å². The van der Waals surface area contributed by atoms with E-state index in [2.05, 4.69) is 17.3 Å². The maximum absolute atomic E-state index is 11.3. The van der Waals surface area contributed by atoms with Crippen molar-refractivity contribution in [2.45, 2.75) is 51.5 Å². The number of hydrogen-bond acceptors (Lipinski definition) is 4. The average Bonchev–Trinajstić information content (AvgIpc) is 2.41. The highest BCUT2D eigenvalue weighted by Crippen LogP contribution is 2.14. The van der Waals surface area contributed by atoms with Gasteiger partial charge in [0.25, 0.3) is 0 Å². The van der Waals surface area contributed by atoms with E-state index in [1.807, 2.05) is 6.92 Å². The van der Waals surface area contributed by atoms with Crippen molar-refractivity contribution in [2.24, 2.45) is 0 Å². The van der Waals surface area contributed by atoms with Crippen LogP contribution in [0.5, 0.6) is 0 Å². The first-order valence-corrected chi connectivity index (χ1v) is 7.62. The Bertz CT molecular complexity index is 262. The highest BCUT2D eigenvalue weighted by molar-refractivity contribution is 5.78. The fourth-order valence-corrected chi connectivity index (χ4v) is 2.12. The second-order valence-electron chi connectivity index (χ2n) is 5.67. The minimum Gasteiger partial charge on any atom is -0.480 e. The van der Waals surface area contributed by atoms with Crippen LogP contribution < -0.4 is 5.32 Å². The molecule has 0 heterocycles. The molecule has 0 bridgehead atoms. The highest BCUT2D eigenvalue weighted by Gasteiger charge is 2.31. The van der Waals surface area contributed by atoms with Crippen molar-refractivity contribution >= 4 is 5.97 Å². The van der Waals surface area contributed by atoms with Crippen LogP contribution in [0, 0.1) is 0 Å². The standard InChI is InChI=1S/C15H32N2O3/c1-5-10-16-15(2,14(18)19)9-6-7-11-17(3)12-8-13-20-4/h16H,5-13H2,1-4H3,(H,18,19). The van der Waals surface area contributed by atoms with Gasteiger partial charge in [-0.15, -0.1) is 0 Å². The summed E-state index contributed by atoms with van der Waals surface area (Å²) in [7, 11) is 3.82. The number of ether oxygens (including phenoxy) is 1. The fourth-order valence-electron chi connectivity index (χ4n) is 2.12. The SMILES string of the molecule is CCCNC(C)(CCCCN(C)CCCOC)C(=O)O. The van der Waals surface area contributed by atoms with E-state index in [0.717, 1.165) is 51.9 Å². The lowest BCUT2D eigenvalue weighted by atomic mass is 9.94. The largest absolute Gasteiger partial charge is 0.480 e. The van der Waals surface area contributed by atoms with Crippen molar-refractivity contribution in [3.05, 3.63) is 0 Å². The molecule has 1 unspecified atom stereocenters. The highest BCUT2D eigenvalue weighted by atomic mass is 16.5. The molecule has 0 aromatic carbocycles. The average molecular weight is 288 g/mol. The molecule has 0 amide bonds. The Hall–Kier alpha value is -0.650. The predicted molar refractivity (Wildman–Crippen MR) is 82.2 cm³/mol. The zero-order valence-electron chi connectivity index (χ0n) is 13.6. The molecule has 1 atom stereocenters. The molecular weight excluding hydrogens is 256 g/mol. The van der Waals surface area contributed by atoms with Gasteiger partial charge in [-0.3, -0.25) is 4.79 Å². The molecular formula is C15H32N2O3. The van der Waals surface area contributed by atoms with Crippen LogP contribution >= 0.6 is 0 Å². The van der Waals surface area contributed by atoms with E-state index in [1.165, 1.54) is 0 Å². The van der Waals surface area contributed by atoms with Crippen molar-refractivity contribution in [3.8, 4) is 0 Å². The van der Waals surface area contributed by atoms with Crippen molar-refractivity contribution in [1.29, 1.82) is 0 Å². The maximum atomic E-state index is 11.3. The summed E-state index contributed by atoms with van der Waals surface area (Å²) in [6.45, 7) is 7.41. The molecule has 0 aliphatic heterocycles. The minimum absolute atomic E-state index is 0.675. The number of rotatable bonds is 13. The summed E-state index contributed by atoms with van der Waals surface area (Å²) in [5, 5.41) is 12.5. The molecule has 0 radical (unpaired) electrons. The normalized spacial score (nSPS) is 14.4. The van der Waals surface area contributed by atoms with Crippen LogP contribution in [0.2, 0.25) is 0 Å². The molecule has 5 nitrogen and oxygen atoms in total. The van der Waals surface area contributed by atoms with Gasteiger partial charge in [0.15, 0.2) is 0 Å². The van der Waals surface area contributed by atoms with Crippen LogP contribution in [0.15, 0.2) is 0 Å². The van der Waals surface area contributed by atoms with Gasteiger partial charge in [0.1, 0.15) is 5.54 Å². The first-order valence-electron chi connectivity index (χ1n) is 7.62. The van der Waals surface area contributed by atoms with E-state index < -0.39 is 11.5 Å². The molecule has 0 saturated heterocycles. The third-order valence-electron chi connectivity index (χ3n) is 3.59. The van der Waals surface area contributed by atoms with Crippen molar-refractivity contribution < 1.29 is 14.6 Å². The number of unbranched alkanes of at least 4 members (excludes halogenated alkanes) is 1. The van der Waals surface area contributed by atoms with Crippen LogP contribution in [0.4, 0.5) is 0 Å². The minimum atomic E-state index is -0.787. The Balaban J connectivity index is 3.86. The second-order valence-corrected chi connectivity index (χ2v) is 5.67. The van der Waals surface area contributed by atoms with Gasteiger partial charge in [0.2, 0.25) is 0 Å². The molecule has 0 fully saturated rings. The molecule has 5 heteroatoms. The third-order valence-corrected chi connectivity index (χ3v) is 3.59. The van der Waals surface area contributed by atoms with Gasteiger partial charge in [-0.2, -0.15) is 0 Å². The Morgan fingerprint density at radius 2 is 1.95 bits per heavy atom. The van der Waals surface area contributed by atoms with Gasteiger partial charge >= 0.3 is 5.97 Å². The number of methoxy groups -OCH3 is 1. The molecule has 2 N–H and O–H groups in total. The lowest BCUT2D eigenvalue weighted by Gasteiger charge is -2.26. The number of hydrogen-bond donors (Lipinski definition) is 2. The zero-order valence-corrected chi connectivity index (χ0v) is 13.6. The molecule has 120 valence electrons. The number of aliphatic carboxylic acids is 1. The van der Waals surface area contributed by atoms with E-state index >= 15 is 0 Å². The Kier molecular flexibility index (Phi) is 10.7. The maximum Gasteiger partial charge on any atom is 0.323 e. The van der Waals surface area contributed by atoms with Gasteiger partial charge in [0, 0.05) is 20.3 Å². The Labute approximate surface area is 123 Å². The number of nitrogens with zero attached hydrogens (tertiary/aromatic N) is 1. The summed E-state index contributed by atoms with van der Waals surface area (Å²) in [6, 6.07) is 0. The lowest BCUT2D eigenvalue weighted by molar-refractivity contribution is -0.144. The molecule has 0 aliphatic carbocycles. The fraction of sp³-hybridized carbons (Fsp3) is 0.933. The molecule has 0 saturated carbocycles. The van der Waals surface area contributed by atoms with Gasteiger partial charge < -0.3 is 20.1 Å². The van der Waals surface area contributed by atoms with E-state index in [-0.39, 0.29) is 0 Å². The molecule has 20 heavy (non-hydrogen) atoms. The van der Waals surface area contributed by atoms with E-state index in [0.29, 0.717) is 6.42 Å². The predicted octanol–water partition coefficient (Wildman–Crippen LogP) is 1.97. The summed E-state index contributed by atoms with van der Waals surface area (Å²) in [5.41, 5.74) is -0.787. The van der Waals surface area contributed by atoms with E-state index in [9.17, 15) is 9.90 Å². The topological polar surface area (TPSA) is 61.8 Å². The van der Waals surface area contributed by atoms with Crippen LogP contribution in [-0.4, -0.2) is 61.9 Å². The van der Waals surface area contributed by atoms with Gasteiger partial charge in [0.05, 0.1) is 0 Å². The van der Waals surface area contributed by atoms with E-state index in [1.54, 1.807) is 14.0 Å². The van der Waals surface area contributed by atoms with Crippen LogP contribution in [0.1, 0.15) is 46.0 Å². The summed E-state index contributed by atoms with van der Waals surface area (Å²) < 4.78 is 5.03. The number of nitrogens with one attached hydrogen (secondary N) is 1. The third kappa shape index (κ3) is 8.51. The van der Waals surface area contributed by atoms with Crippen LogP contribution in [0.3, 0.4) is 0 Å². The molecule has 0 spiro atoms. The first-order chi connectivity index (χ1) is 9.46. The smallest absolute Gasteiger partial charge is 0.323 e. The summed E-state index contributed by atoms with van der Waals surface area (Å²) >= 11 is 0. The number of carboxylic acid groups (broad SMARTS) is 1. The summed E-state index contributed by atoms with van der Waals surface area (Å²) in [5.74, 6) is -0.751. The molecule has 0 aromatic heterocycles. The number of carboxylic acids is 1. The summed E-state index contributed by atoms with van der Waals surface area (Å²) in [4.78, 5) is 13.6. The van der Waals surface area contributed by atoms with Crippen LogP contribution in [-0.2, 0) is 9.53 Å². The Morgan fingerprint density at radius 3 is 2.50 bits per heavy atom. The Morgan fingerprint density at radius 1 is 1.30 bits per heavy atom. The second kappa shape index (κ2) is 11.1. The van der Waals surface area contributed by atoms with Crippen molar-refractivity contribution in [3.63, 3.8) is 0 Å². The van der Waals surface area contributed by atoms with Gasteiger partial charge in [-0.05, 0) is 59.2 Å². The number of carbonyl (C=O) groups is 1. The van der Waals surface area contributed by atoms with Gasteiger partial charge in [-0.1, -0.05) is 6.92 Å². The molecule has 0 rings (SSSR count). The molecule has 0 aromatic rings. The summed E-state index contributed by atoms with van der Waals surface area (Å²) in [6.07, 6.45) is 4.62. The molecule has 0 aliphatic rings. The quantitative estimate of drug-likeness (QED) is 0.507. The van der Waals surface area contributed by atoms with Crippen LogP contribution in [0.25, 0.3) is 0 Å². The van der Waals surface area contributed by atoms with Crippen molar-refractivity contribution in [1.82, 2.24) is 10.2 Å². The zero-order chi connectivity index (χ0) is 15.4.